The highest BCUT2D eigenvalue weighted by atomic mass is 16.5. The molecule has 2 N–H and O–H groups in total. The summed E-state index contributed by atoms with van der Waals surface area (Å²) in [4.78, 5) is 11.0. The molecule has 2 aromatic carbocycles. The molecule has 4 nitrogen and oxygen atoms in total. The molecule has 0 saturated heterocycles. The van der Waals surface area contributed by atoms with Crippen molar-refractivity contribution in [2.75, 3.05) is 17.7 Å². The molecule has 0 radical (unpaired) electrons. The van der Waals surface area contributed by atoms with E-state index in [1.54, 1.807) is 7.11 Å². The van der Waals surface area contributed by atoms with Crippen LogP contribution in [-0.4, -0.2) is 13.0 Å². The smallest absolute Gasteiger partial charge is 0.221 e. The van der Waals surface area contributed by atoms with Gasteiger partial charge < -0.3 is 15.4 Å². The van der Waals surface area contributed by atoms with Crippen molar-refractivity contribution in [3.8, 4) is 5.75 Å². The van der Waals surface area contributed by atoms with Crippen LogP contribution in [0, 0.1) is 0 Å². The Labute approximate surface area is 125 Å². The number of nitrogens with one attached hydrogen (secondary N) is 2. The van der Waals surface area contributed by atoms with E-state index >= 15 is 0 Å². The SMILES string of the molecule is COc1ccccc1C(C)Nc1ccc(NC(C)=O)cc1. The monoisotopic (exact) mass is 284 g/mol. The van der Waals surface area contributed by atoms with Crippen LogP contribution in [-0.2, 0) is 4.79 Å². The zero-order valence-corrected chi connectivity index (χ0v) is 12.5. The van der Waals surface area contributed by atoms with Crippen LogP contribution in [0.25, 0.3) is 0 Å². The van der Waals surface area contributed by atoms with Gasteiger partial charge in [-0.3, -0.25) is 4.79 Å². The summed E-state index contributed by atoms with van der Waals surface area (Å²) in [5.74, 6) is 0.797. The summed E-state index contributed by atoms with van der Waals surface area (Å²) in [5.41, 5.74) is 2.88. The molecular weight excluding hydrogens is 264 g/mol. The first-order valence-corrected chi connectivity index (χ1v) is 6.87. The summed E-state index contributed by atoms with van der Waals surface area (Å²) in [6, 6.07) is 15.7. The van der Waals surface area contributed by atoms with Gasteiger partial charge in [0, 0.05) is 23.9 Å². The summed E-state index contributed by atoms with van der Waals surface area (Å²) in [5, 5.41) is 6.17. The molecule has 21 heavy (non-hydrogen) atoms. The lowest BCUT2D eigenvalue weighted by atomic mass is 10.1. The Balaban J connectivity index is 2.08. The van der Waals surface area contributed by atoms with Crippen LogP contribution in [0.1, 0.15) is 25.5 Å². The van der Waals surface area contributed by atoms with Gasteiger partial charge in [0.15, 0.2) is 0 Å². The van der Waals surface area contributed by atoms with Crippen LogP contribution < -0.4 is 15.4 Å². The molecule has 0 aliphatic rings. The van der Waals surface area contributed by atoms with E-state index in [0.717, 1.165) is 22.7 Å². The van der Waals surface area contributed by atoms with Crippen molar-refractivity contribution in [1.29, 1.82) is 0 Å². The minimum absolute atomic E-state index is 0.0712. The molecule has 0 aromatic heterocycles. The number of carbonyl (C=O) groups is 1. The predicted molar refractivity (Wildman–Crippen MR) is 85.8 cm³/mol. The Morgan fingerprint density at radius 2 is 1.67 bits per heavy atom. The lowest BCUT2D eigenvalue weighted by Crippen LogP contribution is -2.09. The predicted octanol–water partition coefficient (Wildman–Crippen LogP) is 3.83. The van der Waals surface area contributed by atoms with Gasteiger partial charge in [-0.25, -0.2) is 0 Å². The zero-order valence-electron chi connectivity index (χ0n) is 12.5. The molecule has 0 fully saturated rings. The first-order chi connectivity index (χ1) is 10.1. The Bertz CT molecular complexity index is 608. The summed E-state index contributed by atoms with van der Waals surface area (Å²) < 4.78 is 5.38. The molecule has 1 amide bonds. The molecule has 0 saturated carbocycles. The van der Waals surface area contributed by atoms with Crippen molar-refractivity contribution < 1.29 is 9.53 Å². The van der Waals surface area contributed by atoms with Crippen LogP contribution in [0.3, 0.4) is 0 Å². The lowest BCUT2D eigenvalue weighted by molar-refractivity contribution is -0.114. The van der Waals surface area contributed by atoms with Crippen molar-refractivity contribution in [2.45, 2.75) is 19.9 Å². The number of amides is 1. The van der Waals surface area contributed by atoms with Gasteiger partial charge in [0.05, 0.1) is 13.2 Å². The maximum Gasteiger partial charge on any atom is 0.221 e. The van der Waals surface area contributed by atoms with Crippen LogP contribution in [0.15, 0.2) is 48.5 Å². The maximum atomic E-state index is 11.0. The number of methoxy groups -OCH3 is 1. The molecule has 110 valence electrons. The molecule has 0 heterocycles. The van der Waals surface area contributed by atoms with Gasteiger partial charge in [-0.15, -0.1) is 0 Å². The lowest BCUT2D eigenvalue weighted by Gasteiger charge is -2.18. The molecule has 0 aliphatic heterocycles. The number of rotatable bonds is 5. The maximum absolute atomic E-state index is 11.0. The fourth-order valence-electron chi connectivity index (χ4n) is 2.20. The third kappa shape index (κ3) is 3.99. The normalized spacial score (nSPS) is 11.6. The molecule has 1 atom stereocenters. The average Bonchev–Trinajstić information content (AvgIpc) is 2.48. The van der Waals surface area contributed by atoms with Gasteiger partial charge in [0.1, 0.15) is 5.75 Å². The van der Waals surface area contributed by atoms with Gasteiger partial charge in [0.25, 0.3) is 0 Å². The largest absolute Gasteiger partial charge is 0.496 e. The van der Waals surface area contributed by atoms with E-state index in [2.05, 4.69) is 17.6 Å². The van der Waals surface area contributed by atoms with Crippen molar-refractivity contribution in [3.05, 3.63) is 54.1 Å². The van der Waals surface area contributed by atoms with Gasteiger partial charge in [0.2, 0.25) is 5.91 Å². The number of hydrogen-bond donors (Lipinski definition) is 2. The van der Waals surface area contributed by atoms with E-state index in [4.69, 9.17) is 4.74 Å². The summed E-state index contributed by atoms with van der Waals surface area (Å²) >= 11 is 0. The molecule has 2 rings (SSSR count). The van der Waals surface area contributed by atoms with Gasteiger partial charge in [-0.1, -0.05) is 18.2 Å². The zero-order chi connectivity index (χ0) is 15.2. The third-order valence-corrected chi connectivity index (χ3v) is 3.19. The Kier molecular flexibility index (Phi) is 4.82. The fourth-order valence-corrected chi connectivity index (χ4v) is 2.20. The van der Waals surface area contributed by atoms with Crippen molar-refractivity contribution in [2.24, 2.45) is 0 Å². The molecule has 1 unspecified atom stereocenters. The van der Waals surface area contributed by atoms with E-state index in [9.17, 15) is 4.79 Å². The number of benzene rings is 2. The van der Waals surface area contributed by atoms with E-state index in [1.165, 1.54) is 6.92 Å². The highest BCUT2D eigenvalue weighted by Gasteiger charge is 2.10. The van der Waals surface area contributed by atoms with Gasteiger partial charge in [-0.2, -0.15) is 0 Å². The third-order valence-electron chi connectivity index (χ3n) is 3.19. The Morgan fingerprint density at radius 3 is 2.29 bits per heavy atom. The van der Waals surface area contributed by atoms with E-state index < -0.39 is 0 Å². The van der Waals surface area contributed by atoms with E-state index in [-0.39, 0.29) is 11.9 Å². The second-order valence-corrected chi connectivity index (χ2v) is 4.87. The first kappa shape index (κ1) is 14.9. The van der Waals surface area contributed by atoms with Crippen molar-refractivity contribution in [1.82, 2.24) is 0 Å². The van der Waals surface area contributed by atoms with Crippen LogP contribution >= 0.6 is 0 Å². The highest BCUT2D eigenvalue weighted by molar-refractivity contribution is 5.88. The summed E-state index contributed by atoms with van der Waals surface area (Å²) in [6.07, 6.45) is 0. The number of hydrogen-bond acceptors (Lipinski definition) is 3. The minimum atomic E-state index is -0.0712. The van der Waals surface area contributed by atoms with Crippen LogP contribution in [0.4, 0.5) is 11.4 Å². The fraction of sp³-hybridized carbons (Fsp3) is 0.235. The number of para-hydroxylation sites is 1. The summed E-state index contributed by atoms with van der Waals surface area (Å²) in [7, 11) is 1.67. The molecule has 2 aromatic rings. The van der Waals surface area contributed by atoms with Crippen molar-refractivity contribution >= 4 is 17.3 Å². The van der Waals surface area contributed by atoms with Crippen LogP contribution in [0.5, 0.6) is 5.75 Å². The molecule has 0 spiro atoms. The van der Waals surface area contributed by atoms with Crippen molar-refractivity contribution in [3.63, 3.8) is 0 Å². The molecule has 4 heteroatoms. The topological polar surface area (TPSA) is 50.4 Å². The number of carbonyl (C=O) groups excluding carboxylic acids is 1. The summed E-state index contributed by atoms with van der Waals surface area (Å²) in [6.45, 7) is 3.58. The number of anilines is 2. The van der Waals surface area contributed by atoms with E-state index in [0.29, 0.717) is 0 Å². The second-order valence-electron chi connectivity index (χ2n) is 4.87. The van der Waals surface area contributed by atoms with Gasteiger partial charge in [-0.05, 0) is 37.3 Å². The molecule has 0 bridgehead atoms. The highest BCUT2D eigenvalue weighted by Crippen LogP contribution is 2.27. The Morgan fingerprint density at radius 1 is 1.05 bits per heavy atom. The van der Waals surface area contributed by atoms with E-state index in [1.807, 2.05) is 48.5 Å². The molecule has 0 aliphatic carbocycles. The van der Waals surface area contributed by atoms with Gasteiger partial charge >= 0.3 is 0 Å². The first-order valence-electron chi connectivity index (χ1n) is 6.87. The average molecular weight is 284 g/mol. The Hall–Kier alpha value is -2.49. The van der Waals surface area contributed by atoms with Crippen LogP contribution in [0.2, 0.25) is 0 Å². The second kappa shape index (κ2) is 6.79. The molecular formula is C17H20N2O2. The number of ether oxygens (including phenoxy) is 1. The quantitative estimate of drug-likeness (QED) is 0.877. The minimum Gasteiger partial charge on any atom is -0.496 e. The standard InChI is InChI=1S/C17H20N2O2/c1-12(16-6-4-5-7-17(16)21-3)18-14-8-10-15(11-9-14)19-13(2)20/h4-12,18H,1-3H3,(H,19,20).